The molecular formula is C20H35IN4O3. The lowest BCUT2D eigenvalue weighted by Gasteiger charge is -2.41. The molecule has 1 aromatic rings. The minimum absolute atomic E-state index is 0. The van der Waals surface area contributed by atoms with Gasteiger partial charge in [-0.1, -0.05) is 0 Å². The average Bonchev–Trinajstić information content (AvgIpc) is 2.70. The number of benzene rings is 1. The van der Waals surface area contributed by atoms with E-state index in [1.807, 2.05) is 18.2 Å². The first-order valence-electron chi connectivity index (χ1n) is 9.56. The van der Waals surface area contributed by atoms with Gasteiger partial charge in [0.1, 0.15) is 11.5 Å². The van der Waals surface area contributed by atoms with E-state index in [0.29, 0.717) is 6.54 Å². The van der Waals surface area contributed by atoms with Gasteiger partial charge in [0.05, 0.1) is 34.0 Å². The summed E-state index contributed by atoms with van der Waals surface area (Å²) in [5.41, 5.74) is 1.04. The van der Waals surface area contributed by atoms with Crippen molar-refractivity contribution in [2.45, 2.75) is 32.9 Å². The van der Waals surface area contributed by atoms with Gasteiger partial charge in [-0.3, -0.25) is 4.90 Å². The van der Waals surface area contributed by atoms with Crippen LogP contribution >= 0.6 is 24.0 Å². The van der Waals surface area contributed by atoms with Crippen LogP contribution in [0.15, 0.2) is 23.2 Å². The molecule has 1 heterocycles. The van der Waals surface area contributed by atoms with E-state index in [0.717, 1.165) is 62.4 Å². The largest absolute Gasteiger partial charge is 0.497 e. The fourth-order valence-corrected chi connectivity index (χ4v) is 3.07. The van der Waals surface area contributed by atoms with E-state index in [1.165, 1.54) is 0 Å². The molecule has 0 bridgehead atoms. The Bertz CT molecular complexity index is 619. The van der Waals surface area contributed by atoms with Gasteiger partial charge in [0.2, 0.25) is 0 Å². The summed E-state index contributed by atoms with van der Waals surface area (Å²) in [5, 5.41) is 6.80. The Hall–Kier alpha value is -1.26. The quantitative estimate of drug-likeness (QED) is 0.321. The van der Waals surface area contributed by atoms with Crippen LogP contribution in [0.25, 0.3) is 0 Å². The molecule has 160 valence electrons. The summed E-state index contributed by atoms with van der Waals surface area (Å²) in [7, 11) is 3.31. The minimum atomic E-state index is 0. The third kappa shape index (κ3) is 7.29. The van der Waals surface area contributed by atoms with Gasteiger partial charge >= 0.3 is 0 Å². The van der Waals surface area contributed by atoms with Gasteiger partial charge in [-0.15, -0.1) is 24.0 Å². The molecule has 1 fully saturated rings. The lowest BCUT2D eigenvalue weighted by molar-refractivity contribution is -0.00834. The molecule has 1 aliphatic heterocycles. The Morgan fingerprint density at radius 2 is 1.89 bits per heavy atom. The SMILES string of the molecule is CCNC(=NCc1ccc(OC)cc1OC)NCC(C)(C)N1CCOCC1.I. The van der Waals surface area contributed by atoms with Crippen molar-refractivity contribution in [3.63, 3.8) is 0 Å². The van der Waals surface area contributed by atoms with Crippen LogP contribution in [0, 0.1) is 0 Å². The highest BCUT2D eigenvalue weighted by molar-refractivity contribution is 14.0. The second-order valence-corrected chi connectivity index (χ2v) is 7.14. The molecule has 0 amide bonds. The van der Waals surface area contributed by atoms with Gasteiger partial charge in [0, 0.05) is 43.3 Å². The molecule has 8 heteroatoms. The first-order valence-corrected chi connectivity index (χ1v) is 9.56. The van der Waals surface area contributed by atoms with Gasteiger partial charge in [0.25, 0.3) is 0 Å². The van der Waals surface area contributed by atoms with Crippen molar-refractivity contribution >= 4 is 29.9 Å². The number of guanidine groups is 1. The molecule has 1 aliphatic rings. The van der Waals surface area contributed by atoms with Gasteiger partial charge in [-0.25, -0.2) is 4.99 Å². The maximum absolute atomic E-state index is 5.47. The van der Waals surface area contributed by atoms with E-state index in [9.17, 15) is 0 Å². The summed E-state index contributed by atoms with van der Waals surface area (Å²) in [6.07, 6.45) is 0. The second-order valence-electron chi connectivity index (χ2n) is 7.14. The number of methoxy groups -OCH3 is 2. The molecule has 28 heavy (non-hydrogen) atoms. The van der Waals surface area contributed by atoms with Crippen LogP contribution < -0.4 is 20.1 Å². The van der Waals surface area contributed by atoms with E-state index in [-0.39, 0.29) is 29.5 Å². The van der Waals surface area contributed by atoms with Crippen molar-refractivity contribution in [1.29, 1.82) is 0 Å². The van der Waals surface area contributed by atoms with E-state index in [1.54, 1.807) is 14.2 Å². The van der Waals surface area contributed by atoms with Gasteiger partial charge in [0.15, 0.2) is 5.96 Å². The summed E-state index contributed by atoms with van der Waals surface area (Å²) in [6.45, 7) is 12.2. The zero-order chi connectivity index (χ0) is 19.7. The molecule has 0 spiro atoms. The predicted molar refractivity (Wildman–Crippen MR) is 124 cm³/mol. The van der Waals surface area contributed by atoms with E-state index in [4.69, 9.17) is 19.2 Å². The molecule has 7 nitrogen and oxygen atoms in total. The summed E-state index contributed by atoms with van der Waals surface area (Å²) < 4.78 is 16.2. The summed E-state index contributed by atoms with van der Waals surface area (Å²) >= 11 is 0. The fourth-order valence-electron chi connectivity index (χ4n) is 3.07. The number of hydrogen-bond acceptors (Lipinski definition) is 5. The van der Waals surface area contributed by atoms with E-state index < -0.39 is 0 Å². The van der Waals surface area contributed by atoms with Crippen molar-refractivity contribution in [3.05, 3.63) is 23.8 Å². The molecule has 0 saturated carbocycles. The Balaban J connectivity index is 0.00000392. The Morgan fingerprint density at radius 1 is 1.18 bits per heavy atom. The highest BCUT2D eigenvalue weighted by Gasteiger charge is 2.28. The minimum Gasteiger partial charge on any atom is -0.497 e. The summed E-state index contributed by atoms with van der Waals surface area (Å²) in [6, 6.07) is 5.80. The molecule has 2 rings (SSSR count). The number of hydrogen-bond donors (Lipinski definition) is 2. The Morgan fingerprint density at radius 3 is 2.50 bits per heavy atom. The number of rotatable bonds is 8. The number of halogens is 1. The van der Waals surface area contributed by atoms with Crippen LogP contribution in [0.2, 0.25) is 0 Å². The van der Waals surface area contributed by atoms with Crippen molar-refractivity contribution < 1.29 is 14.2 Å². The molecular weight excluding hydrogens is 471 g/mol. The summed E-state index contributed by atoms with van der Waals surface area (Å²) in [4.78, 5) is 7.18. The number of ether oxygens (including phenoxy) is 3. The molecule has 0 unspecified atom stereocenters. The maximum Gasteiger partial charge on any atom is 0.191 e. The van der Waals surface area contributed by atoms with Crippen LogP contribution in [0.5, 0.6) is 11.5 Å². The highest BCUT2D eigenvalue weighted by atomic mass is 127. The molecule has 0 aromatic heterocycles. The van der Waals surface area contributed by atoms with Gasteiger partial charge < -0.3 is 24.8 Å². The average molecular weight is 506 g/mol. The Labute approximate surface area is 186 Å². The first kappa shape index (κ1) is 24.8. The molecule has 0 aliphatic carbocycles. The Kier molecular flexibility index (Phi) is 10.9. The van der Waals surface area contributed by atoms with Crippen LogP contribution in [0.1, 0.15) is 26.3 Å². The highest BCUT2D eigenvalue weighted by Crippen LogP contribution is 2.25. The number of aliphatic imine (C=N–C) groups is 1. The third-order valence-corrected chi connectivity index (χ3v) is 4.80. The number of morpholine rings is 1. The molecule has 1 saturated heterocycles. The standard InChI is InChI=1S/C20H34N4O3.HI/c1-6-21-19(23-15-20(2,3)24-9-11-27-12-10-24)22-14-16-7-8-17(25-4)13-18(16)26-5;/h7-8,13H,6,9-12,14-15H2,1-5H3,(H2,21,22,23);1H. The molecule has 0 radical (unpaired) electrons. The first-order chi connectivity index (χ1) is 13.0. The van der Waals surface area contributed by atoms with Crippen LogP contribution in [-0.4, -0.2) is 70.0 Å². The smallest absolute Gasteiger partial charge is 0.191 e. The van der Waals surface area contributed by atoms with Crippen molar-refractivity contribution in [2.24, 2.45) is 4.99 Å². The monoisotopic (exact) mass is 506 g/mol. The van der Waals surface area contributed by atoms with Crippen molar-refractivity contribution in [3.8, 4) is 11.5 Å². The van der Waals surface area contributed by atoms with Crippen molar-refractivity contribution in [2.75, 3.05) is 53.6 Å². The van der Waals surface area contributed by atoms with Crippen molar-refractivity contribution in [1.82, 2.24) is 15.5 Å². The van der Waals surface area contributed by atoms with E-state index >= 15 is 0 Å². The third-order valence-electron chi connectivity index (χ3n) is 4.80. The lowest BCUT2D eigenvalue weighted by Crippen LogP contribution is -2.56. The number of nitrogens with zero attached hydrogens (tertiary/aromatic N) is 2. The molecule has 2 N–H and O–H groups in total. The maximum atomic E-state index is 5.47. The van der Waals surface area contributed by atoms with Crippen LogP contribution in [0.4, 0.5) is 0 Å². The lowest BCUT2D eigenvalue weighted by atomic mass is 10.0. The van der Waals surface area contributed by atoms with E-state index in [2.05, 4.69) is 36.3 Å². The molecule has 0 atom stereocenters. The predicted octanol–water partition coefficient (Wildman–Crippen LogP) is 2.49. The van der Waals surface area contributed by atoms with Gasteiger partial charge in [-0.05, 0) is 32.9 Å². The normalized spacial score (nSPS) is 15.5. The fraction of sp³-hybridized carbons (Fsp3) is 0.650. The van der Waals surface area contributed by atoms with Gasteiger partial charge in [-0.2, -0.15) is 0 Å². The topological polar surface area (TPSA) is 67.4 Å². The van der Waals surface area contributed by atoms with Crippen LogP contribution in [-0.2, 0) is 11.3 Å². The zero-order valence-corrected chi connectivity index (χ0v) is 20.0. The summed E-state index contributed by atoms with van der Waals surface area (Å²) in [5.74, 6) is 2.36. The molecule has 1 aromatic carbocycles. The zero-order valence-electron chi connectivity index (χ0n) is 17.7. The van der Waals surface area contributed by atoms with Crippen LogP contribution in [0.3, 0.4) is 0 Å². The number of nitrogens with one attached hydrogen (secondary N) is 2. The second kappa shape index (κ2) is 12.3.